The van der Waals surface area contributed by atoms with Gasteiger partial charge in [0.1, 0.15) is 6.04 Å². The standard InChI is InChI=1S/C15H16N4O5/c1-2-10(7-13(21)22)18-12(20)8-17-14(23)9-4-3-5-11(6-9)19-15(16)24/h1,3-6,10H,7-8H2,(H,17,23)(H,18,20)(H,21,22)(H3,16,19,24)/t10-/m1/s1. The van der Waals surface area contributed by atoms with Gasteiger partial charge in [-0.2, -0.15) is 0 Å². The van der Waals surface area contributed by atoms with E-state index in [1.165, 1.54) is 24.3 Å². The average molecular weight is 332 g/mol. The Morgan fingerprint density at radius 3 is 2.58 bits per heavy atom. The largest absolute Gasteiger partial charge is 0.481 e. The van der Waals surface area contributed by atoms with Crippen LogP contribution in [0.4, 0.5) is 10.5 Å². The molecule has 6 N–H and O–H groups in total. The molecule has 0 fully saturated rings. The van der Waals surface area contributed by atoms with Crippen molar-refractivity contribution in [1.82, 2.24) is 10.6 Å². The summed E-state index contributed by atoms with van der Waals surface area (Å²) in [5, 5.41) is 15.6. The summed E-state index contributed by atoms with van der Waals surface area (Å²) < 4.78 is 0. The van der Waals surface area contributed by atoms with E-state index >= 15 is 0 Å². The normalized spacial score (nSPS) is 10.8. The fourth-order valence-corrected chi connectivity index (χ4v) is 1.71. The van der Waals surface area contributed by atoms with Crippen LogP contribution in [0.25, 0.3) is 0 Å². The number of primary amides is 1. The first-order valence-electron chi connectivity index (χ1n) is 6.74. The van der Waals surface area contributed by atoms with E-state index in [0.29, 0.717) is 5.69 Å². The zero-order valence-electron chi connectivity index (χ0n) is 12.5. The minimum Gasteiger partial charge on any atom is -0.481 e. The molecule has 24 heavy (non-hydrogen) atoms. The summed E-state index contributed by atoms with van der Waals surface area (Å²) in [6.45, 7) is -0.385. The van der Waals surface area contributed by atoms with Gasteiger partial charge in [-0.25, -0.2) is 4.79 Å². The lowest BCUT2D eigenvalue weighted by Crippen LogP contribution is -2.42. The van der Waals surface area contributed by atoms with Gasteiger partial charge < -0.3 is 26.8 Å². The highest BCUT2D eigenvalue weighted by Gasteiger charge is 2.14. The third-order valence-electron chi connectivity index (χ3n) is 2.72. The quantitative estimate of drug-likeness (QED) is 0.426. The summed E-state index contributed by atoms with van der Waals surface area (Å²) in [7, 11) is 0. The third kappa shape index (κ3) is 6.48. The maximum atomic E-state index is 12.0. The van der Waals surface area contributed by atoms with Gasteiger partial charge in [0.25, 0.3) is 5.91 Å². The number of amides is 4. The van der Waals surface area contributed by atoms with Gasteiger partial charge in [-0.1, -0.05) is 12.0 Å². The summed E-state index contributed by atoms with van der Waals surface area (Å²) >= 11 is 0. The predicted octanol–water partition coefficient (Wildman–Crippen LogP) is -0.500. The Balaban J connectivity index is 2.56. The maximum Gasteiger partial charge on any atom is 0.316 e. The Kier molecular flexibility index (Phi) is 6.78. The zero-order chi connectivity index (χ0) is 18.1. The molecule has 9 nitrogen and oxygen atoms in total. The molecule has 0 aromatic heterocycles. The van der Waals surface area contributed by atoms with Crippen LogP contribution in [-0.2, 0) is 9.59 Å². The average Bonchev–Trinajstić information content (AvgIpc) is 2.51. The molecule has 0 aliphatic carbocycles. The van der Waals surface area contributed by atoms with Gasteiger partial charge in [-0.05, 0) is 18.2 Å². The van der Waals surface area contributed by atoms with Crippen molar-refractivity contribution in [2.24, 2.45) is 5.73 Å². The number of urea groups is 1. The van der Waals surface area contributed by atoms with Crippen molar-refractivity contribution in [2.75, 3.05) is 11.9 Å². The summed E-state index contributed by atoms with van der Waals surface area (Å²) in [5.41, 5.74) is 5.51. The maximum absolute atomic E-state index is 12.0. The Hall–Kier alpha value is -3.54. The molecule has 0 bridgehead atoms. The van der Waals surface area contributed by atoms with Gasteiger partial charge in [0.05, 0.1) is 13.0 Å². The summed E-state index contributed by atoms with van der Waals surface area (Å²) in [5.74, 6) is -0.207. The molecule has 0 heterocycles. The van der Waals surface area contributed by atoms with E-state index in [9.17, 15) is 19.2 Å². The van der Waals surface area contributed by atoms with Gasteiger partial charge in [0.15, 0.2) is 0 Å². The number of carboxylic acid groups (broad SMARTS) is 1. The molecule has 126 valence electrons. The lowest BCUT2D eigenvalue weighted by atomic mass is 10.2. The fraction of sp³-hybridized carbons (Fsp3) is 0.200. The zero-order valence-corrected chi connectivity index (χ0v) is 12.5. The number of hydrogen-bond acceptors (Lipinski definition) is 4. The van der Waals surface area contributed by atoms with Crippen LogP contribution < -0.4 is 21.7 Å². The highest BCUT2D eigenvalue weighted by molar-refractivity contribution is 5.98. The molecule has 9 heteroatoms. The number of terminal acetylenes is 1. The first-order chi connectivity index (χ1) is 11.3. The van der Waals surface area contributed by atoms with Gasteiger partial charge >= 0.3 is 12.0 Å². The van der Waals surface area contributed by atoms with Crippen LogP contribution in [0.3, 0.4) is 0 Å². The molecule has 1 rings (SSSR count). The Labute approximate surface area is 137 Å². The number of carboxylic acids is 1. The molecule has 0 unspecified atom stereocenters. The molecule has 0 aliphatic heterocycles. The number of nitrogens with one attached hydrogen (secondary N) is 3. The minimum absolute atomic E-state index is 0.202. The van der Waals surface area contributed by atoms with Crippen molar-refractivity contribution in [3.63, 3.8) is 0 Å². The molecular formula is C15H16N4O5. The van der Waals surface area contributed by atoms with Crippen molar-refractivity contribution in [1.29, 1.82) is 0 Å². The van der Waals surface area contributed by atoms with Gasteiger partial charge in [0, 0.05) is 11.3 Å². The van der Waals surface area contributed by atoms with E-state index in [1.54, 1.807) is 0 Å². The smallest absolute Gasteiger partial charge is 0.316 e. The topological polar surface area (TPSA) is 151 Å². The Morgan fingerprint density at radius 1 is 1.29 bits per heavy atom. The van der Waals surface area contributed by atoms with Crippen molar-refractivity contribution in [3.8, 4) is 12.3 Å². The van der Waals surface area contributed by atoms with Crippen molar-refractivity contribution >= 4 is 29.5 Å². The van der Waals surface area contributed by atoms with Crippen LogP contribution in [0, 0.1) is 12.3 Å². The van der Waals surface area contributed by atoms with Crippen LogP contribution in [0.15, 0.2) is 24.3 Å². The molecule has 1 aromatic carbocycles. The predicted molar refractivity (Wildman–Crippen MR) is 85.0 cm³/mol. The molecule has 0 saturated heterocycles. The molecule has 4 amide bonds. The van der Waals surface area contributed by atoms with Crippen LogP contribution >= 0.6 is 0 Å². The van der Waals surface area contributed by atoms with Crippen LogP contribution in [-0.4, -0.2) is 41.5 Å². The number of carbonyl (C=O) groups excluding carboxylic acids is 3. The first-order valence-corrected chi connectivity index (χ1v) is 6.74. The number of carbonyl (C=O) groups is 4. The highest BCUT2D eigenvalue weighted by atomic mass is 16.4. The summed E-state index contributed by atoms with van der Waals surface area (Å²) in [4.78, 5) is 44.9. The molecule has 0 radical (unpaired) electrons. The van der Waals surface area contributed by atoms with E-state index in [4.69, 9.17) is 17.3 Å². The van der Waals surface area contributed by atoms with Gasteiger partial charge in [-0.15, -0.1) is 6.42 Å². The molecular weight excluding hydrogens is 316 g/mol. The second-order valence-electron chi connectivity index (χ2n) is 4.64. The number of anilines is 1. The minimum atomic E-state index is -1.15. The van der Waals surface area contributed by atoms with E-state index in [1.807, 2.05) is 0 Å². The van der Waals surface area contributed by atoms with Crippen LogP contribution in [0.5, 0.6) is 0 Å². The second kappa shape index (κ2) is 8.79. The van der Waals surface area contributed by atoms with Gasteiger partial charge in [-0.3, -0.25) is 14.4 Å². The number of aliphatic carboxylic acids is 1. The van der Waals surface area contributed by atoms with Crippen LogP contribution in [0.2, 0.25) is 0 Å². The van der Waals surface area contributed by atoms with E-state index in [-0.39, 0.29) is 12.1 Å². The Bertz CT molecular complexity index is 695. The van der Waals surface area contributed by atoms with Crippen molar-refractivity contribution in [2.45, 2.75) is 12.5 Å². The SMILES string of the molecule is C#C[C@H](CC(=O)O)NC(=O)CNC(=O)c1cccc(NC(N)=O)c1. The fourth-order valence-electron chi connectivity index (χ4n) is 1.71. The number of rotatable bonds is 7. The van der Waals surface area contributed by atoms with E-state index in [0.717, 1.165) is 0 Å². The molecule has 0 saturated carbocycles. The Morgan fingerprint density at radius 2 is 2.00 bits per heavy atom. The lowest BCUT2D eigenvalue weighted by molar-refractivity contribution is -0.137. The highest BCUT2D eigenvalue weighted by Crippen LogP contribution is 2.10. The second-order valence-corrected chi connectivity index (χ2v) is 4.64. The number of nitrogens with two attached hydrogens (primary N) is 1. The van der Waals surface area contributed by atoms with Crippen molar-refractivity contribution < 1.29 is 24.3 Å². The van der Waals surface area contributed by atoms with E-state index < -0.39 is 36.3 Å². The first kappa shape index (κ1) is 18.5. The van der Waals surface area contributed by atoms with Crippen LogP contribution in [0.1, 0.15) is 16.8 Å². The van der Waals surface area contributed by atoms with Crippen molar-refractivity contribution in [3.05, 3.63) is 29.8 Å². The molecule has 1 aromatic rings. The molecule has 0 aliphatic rings. The van der Waals surface area contributed by atoms with Gasteiger partial charge in [0.2, 0.25) is 5.91 Å². The lowest BCUT2D eigenvalue weighted by Gasteiger charge is -2.11. The number of benzene rings is 1. The van der Waals surface area contributed by atoms with E-state index in [2.05, 4.69) is 21.9 Å². The molecule has 1 atom stereocenters. The summed E-state index contributed by atoms with van der Waals surface area (Å²) in [6, 6.07) is 4.19. The molecule has 0 spiro atoms. The monoisotopic (exact) mass is 332 g/mol. The summed E-state index contributed by atoms with van der Waals surface area (Å²) in [6.07, 6.45) is 4.69. The number of hydrogen-bond donors (Lipinski definition) is 5. The third-order valence-corrected chi connectivity index (χ3v) is 2.72.